The Hall–Kier alpha value is -3.77. The number of hydrogen-bond donors (Lipinski definition) is 3. The van der Waals surface area contributed by atoms with Crippen LogP contribution in [0.15, 0.2) is 77.7 Å². The van der Waals surface area contributed by atoms with Gasteiger partial charge in [0.25, 0.3) is 15.9 Å². The Labute approximate surface area is 205 Å². The van der Waals surface area contributed by atoms with E-state index in [-0.39, 0.29) is 28.6 Å². The fraction of sp³-hybridized carbons (Fsp3) is 0.208. The molecule has 12 heteroatoms. The molecule has 0 spiro atoms. The van der Waals surface area contributed by atoms with E-state index >= 15 is 0 Å². The third-order valence-corrected chi connectivity index (χ3v) is 6.31. The molecular weight excluding hydrogens is 501 g/mol. The predicted octanol–water partition coefficient (Wildman–Crippen LogP) is 4.63. The molecule has 36 heavy (non-hydrogen) atoms. The van der Waals surface area contributed by atoms with E-state index in [4.69, 9.17) is 4.74 Å². The van der Waals surface area contributed by atoms with Crippen LogP contribution < -0.4 is 19.5 Å². The Morgan fingerprint density at radius 2 is 1.67 bits per heavy atom. The van der Waals surface area contributed by atoms with Crippen LogP contribution in [0.5, 0.6) is 11.5 Å². The highest BCUT2D eigenvalue weighted by atomic mass is 32.2. The predicted molar refractivity (Wildman–Crippen MR) is 126 cm³/mol. The first-order chi connectivity index (χ1) is 16.8. The molecule has 3 N–H and O–H groups in total. The molecule has 1 amide bonds. The molecule has 3 aromatic rings. The van der Waals surface area contributed by atoms with Crippen LogP contribution in [0, 0.1) is 0 Å². The van der Waals surface area contributed by atoms with Crippen molar-refractivity contribution in [3.8, 4) is 11.5 Å². The SMILES string of the molecule is CCOc1cc(NC(=O)C(C)(O)c2ccccc2)ccc1S(=O)(=O)Nc1cccc(OC(F)(F)F)c1. The Kier molecular flexibility index (Phi) is 7.80. The molecule has 0 saturated heterocycles. The van der Waals surface area contributed by atoms with Gasteiger partial charge in [-0.05, 0) is 43.7 Å². The third-order valence-electron chi connectivity index (χ3n) is 4.89. The lowest BCUT2D eigenvalue weighted by Gasteiger charge is -2.23. The maximum absolute atomic E-state index is 13.0. The van der Waals surface area contributed by atoms with Gasteiger partial charge in [-0.25, -0.2) is 8.42 Å². The number of sulfonamides is 1. The molecule has 0 fully saturated rings. The standard InChI is InChI=1S/C24H23F3N2O6S/c1-3-34-20-15-17(28-22(30)23(2,31)16-8-5-4-6-9-16)12-13-21(20)36(32,33)29-18-10-7-11-19(14-18)35-24(25,26)27/h4-15,29,31H,3H2,1-2H3,(H,28,30). The van der Waals surface area contributed by atoms with Crippen molar-refractivity contribution in [2.45, 2.75) is 30.7 Å². The molecule has 3 aromatic carbocycles. The molecule has 0 saturated carbocycles. The number of anilines is 2. The lowest BCUT2D eigenvalue weighted by molar-refractivity contribution is -0.274. The molecule has 1 unspecified atom stereocenters. The summed E-state index contributed by atoms with van der Waals surface area (Å²) in [4.78, 5) is 12.4. The van der Waals surface area contributed by atoms with Gasteiger partial charge >= 0.3 is 6.36 Å². The number of benzene rings is 3. The van der Waals surface area contributed by atoms with Crippen LogP contribution in [0.25, 0.3) is 0 Å². The molecule has 192 valence electrons. The van der Waals surface area contributed by atoms with Gasteiger partial charge in [-0.15, -0.1) is 13.2 Å². The maximum Gasteiger partial charge on any atom is 0.573 e. The zero-order valence-corrected chi connectivity index (χ0v) is 20.0. The summed E-state index contributed by atoms with van der Waals surface area (Å²) in [6, 6.07) is 16.3. The molecule has 8 nitrogen and oxygen atoms in total. The summed E-state index contributed by atoms with van der Waals surface area (Å²) in [5.74, 6) is -1.48. The fourth-order valence-corrected chi connectivity index (χ4v) is 4.37. The van der Waals surface area contributed by atoms with Crippen LogP contribution in [0.4, 0.5) is 24.5 Å². The smallest absolute Gasteiger partial charge is 0.492 e. The molecule has 0 aliphatic carbocycles. The minimum absolute atomic E-state index is 0.0799. The van der Waals surface area contributed by atoms with E-state index in [0.29, 0.717) is 5.56 Å². The number of amides is 1. The highest BCUT2D eigenvalue weighted by molar-refractivity contribution is 7.92. The number of alkyl halides is 3. The quantitative estimate of drug-likeness (QED) is 0.376. The van der Waals surface area contributed by atoms with Crippen molar-refractivity contribution in [2.75, 3.05) is 16.6 Å². The number of hydrogen-bond acceptors (Lipinski definition) is 6. The van der Waals surface area contributed by atoms with Gasteiger partial charge in [0, 0.05) is 17.8 Å². The highest BCUT2D eigenvalue weighted by Crippen LogP contribution is 2.32. The maximum atomic E-state index is 13.0. The van der Waals surface area contributed by atoms with Gasteiger partial charge in [0.15, 0.2) is 5.60 Å². The molecule has 0 heterocycles. The average Bonchev–Trinajstić information content (AvgIpc) is 2.78. The van der Waals surface area contributed by atoms with Crippen LogP contribution in [-0.4, -0.2) is 32.4 Å². The lowest BCUT2D eigenvalue weighted by Crippen LogP contribution is -2.37. The van der Waals surface area contributed by atoms with Gasteiger partial charge in [0.1, 0.15) is 16.4 Å². The first-order valence-electron chi connectivity index (χ1n) is 10.6. The van der Waals surface area contributed by atoms with Crippen molar-refractivity contribution in [2.24, 2.45) is 0 Å². The number of aliphatic hydroxyl groups is 1. The molecule has 0 aliphatic heterocycles. The number of carbonyl (C=O) groups excluding carboxylic acids is 1. The second-order valence-electron chi connectivity index (χ2n) is 7.67. The number of carbonyl (C=O) groups is 1. The van der Waals surface area contributed by atoms with Crippen LogP contribution in [0.3, 0.4) is 0 Å². The number of ether oxygens (including phenoxy) is 2. The minimum Gasteiger partial charge on any atom is -0.492 e. The van der Waals surface area contributed by atoms with Crippen molar-refractivity contribution in [3.05, 3.63) is 78.4 Å². The summed E-state index contributed by atoms with van der Waals surface area (Å²) in [6.07, 6.45) is -4.94. The molecule has 0 radical (unpaired) electrons. The minimum atomic E-state index is -4.94. The van der Waals surface area contributed by atoms with Gasteiger partial charge in [-0.3, -0.25) is 9.52 Å². The van der Waals surface area contributed by atoms with Crippen molar-refractivity contribution in [1.29, 1.82) is 0 Å². The Morgan fingerprint density at radius 1 is 0.972 bits per heavy atom. The van der Waals surface area contributed by atoms with Crippen LogP contribution in [0.1, 0.15) is 19.4 Å². The Bertz CT molecular complexity index is 1330. The van der Waals surface area contributed by atoms with E-state index in [1.165, 1.54) is 31.2 Å². The zero-order chi connectivity index (χ0) is 26.6. The molecule has 0 aliphatic rings. The number of rotatable bonds is 9. The van der Waals surface area contributed by atoms with E-state index in [1.807, 2.05) is 0 Å². The van der Waals surface area contributed by atoms with Gasteiger partial charge < -0.3 is 19.9 Å². The van der Waals surface area contributed by atoms with Gasteiger partial charge in [-0.2, -0.15) is 0 Å². The Balaban J connectivity index is 1.85. The van der Waals surface area contributed by atoms with E-state index in [1.54, 1.807) is 37.3 Å². The van der Waals surface area contributed by atoms with Gasteiger partial charge in [0.2, 0.25) is 0 Å². The third kappa shape index (κ3) is 6.67. The van der Waals surface area contributed by atoms with Crippen LogP contribution in [-0.2, 0) is 20.4 Å². The van der Waals surface area contributed by atoms with E-state index in [2.05, 4.69) is 14.8 Å². The van der Waals surface area contributed by atoms with Crippen LogP contribution in [0.2, 0.25) is 0 Å². The first-order valence-corrected chi connectivity index (χ1v) is 12.0. The lowest BCUT2D eigenvalue weighted by atomic mass is 9.95. The largest absolute Gasteiger partial charge is 0.573 e. The van der Waals surface area contributed by atoms with E-state index < -0.39 is 33.6 Å². The summed E-state index contributed by atoms with van der Waals surface area (Å²) in [6.45, 7) is 3.02. The average molecular weight is 525 g/mol. The Morgan fingerprint density at radius 3 is 2.31 bits per heavy atom. The zero-order valence-electron chi connectivity index (χ0n) is 19.2. The summed E-state index contributed by atoms with van der Waals surface area (Å²) in [5, 5.41) is 13.2. The van der Waals surface area contributed by atoms with Crippen molar-refractivity contribution in [1.82, 2.24) is 0 Å². The van der Waals surface area contributed by atoms with Crippen molar-refractivity contribution < 1.29 is 41.0 Å². The summed E-state index contributed by atoms with van der Waals surface area (Å²) >= 11 is 0. The summed E-state index contributed by atoms with van der Waals surface area (Å²) in [7, 11) is -4.32. The summed E-state index contributed by atoms with van der Waals surface area (Å²) in [5.41, 5.74) is -1.54. The normalized spacial score (nSPS) is 13.4. The first kappa shape index (κ1) is 26.8. The van der Waals surface area contributed by atoms with Crippen molar-refractivity contribution >= 4 is 27.3 Å². The van der Waals surface area contributed by atoms with Crippen LogP contribution >= 0.6 is 0 Å². The van der Waals surface area contributed by atoms with Gasteiger partial charge in [-0.1, -0.05) is 36.4 Å². The van der Waals surface area contributed by atoms with E-state index in [9.17, 15) is 31.5 Å². The molecule has 0 aromatic heterocycles. The second-order valence-corrected chi connectivity index (χ2v) is 9.32. The summed E-state index contributed by atoms with van der Waals surface area (Å²) < 4.78 is 74.9. The highest BCUT2D eigenvalue weighted by Gasteiger charge is 2.33. The molecule has 0 bridgehead atoms. The van der Waals surface area contributed by atoms with E-state index in [0.717, 1.165) is 18.2 Å². The monoisotopic (exact) mass is 524 g/mol. The van der Waals surface area contributed by atoms with Gasteiger partial charge in [0.05, 0.1) is 12.3 Å². The second kappa shape index (κ2) is 10.5. The van der Waals surface area contributed by atoms with Crippen molar-refractivity contribution in [3.63, 3.8) is 0 Å². The molecular formula is C24H23F3N2O6S. The topological polar surface area (TPSA) is 114 Å². The fourth-order valence-electron chi connectivity index (χ4n) is 3.19. The molecule has 3 rings (SSSR count). The number of halogens is 3. The number of nitrogens with one attached hydrogen (secondary N) is 2. The molecule has 1 atom stereocenters.